The smallest absolute Gasteiger partial charge is 0.323 e. The number of ether oxygens (including phenoxy) is 1. The molecule has 0 fully saturated rings. The highest BCUT2D eigenvalue weighted by Crippen LogP contribution is 2.11. The number of hydrogen-bond donors (Lipinski definition) is 1. The molecule has 1 unspecified atom stereocenters. The molecule has 0 aliphatic carbocycles. The van der Waals surface area contributed by atoms with E-state index in [4.69, 9.17) is 10.00 Å². The Labute approximate surface area is 118 Å². The lowest BCUT2D eigenvalue weighted by Crippen LogP contribution is -2.40. The average molecular weight is 296 g/mol. The first-order valence-electron chi connectivity index (χ1n) is 6.04. The molecule has 6 nitrogen and oxygen atoms in total. The van der Waals surface area contributed by atoms with Crippen molar-refractivity contribution in [1.82, 2.24) is 4.72 Å². The van der Waals surface area contributed by atoms with Crippen molar-refractivity contribution in [1.29, 1.82) is 5.26 Å². The predicted octanol–water partition coefficient (Wildman–Crippen LogP) is 0.929. The molecule has 0 aliphatic rings. The number of rotatable bonds is 6. The molecule has 1 rings (SSSR count). The highest BCUT2D eigenvalue weighted by Gasteiger charge is 2.22. The molecular weight excluding hydrogens is 280 g/mol. The SMILES string of the molecule is CCOC(=O)C(C)NS(=O)(=O)Cc1ccccc1C#N. The number of sulfonamides is 1. The van der Waals surface area contributed by atoms with Gasteiger partial charge in [0.25, 0.3) is 0 Å². The summed E-state index contributed by atoms with van der Waals surface area (Å²) in [5.74, 6) is -0.995. The van der Waals surface area contributed by atoms with Crippen molar-refractivity contribution < 1.29 is 17.9 Å². The summed E-state index contributed by atoms with van der Waals surface area (Å²) in [6, 6.07) is 7.38. The number of esters is 1. The maximum atomic E-state index is 12.0. The Morgan fingerprint density at radius 2 is 2.10 bits per heavy atom. The van der Waals surface area contributed by atoms with E-state index < -0.39 is 22.0 Å². The third kappa shape index (κ3) is 4.64. The van der Waals surface area contributed by atoms with Gasteiger partial charge in [-0.1, -0.05) is 18.2 Å². The first-order valence-corrected chi connectivity index (χ1v) is 7.69. The van der Waals surface area contributed by atoms with Gasteiger partial charge in [-0.05, 0) is 25.5 Å². The third-order valence-corrected chi connectivity index (χ3v) is 3.88. The van der Waals surface area contributed by atoms with Crippen LogP contribution in [-0.4, -0.2) is 27.0 Å². The van der Waals surface area contributed by atoms with Gasteiger partial charge in [0.1, 0.15) is 6.04 Å². The highest BCUT2D eigenvalue weighted by molar-refractivity contribution is 7.88. The van der Waals surface area contributed by atoms with E-state index in [0.29, 0.717) is 11.1 Å². The van der Waals surface area contributed by atoms with Crippen molar-refractivity contribution >= 4 is 16.0 Å². The Morgan fingerprint density at radius 3 is 2.70 bits per heavy atom. The van der Waals surface area contributed by atoms with E-state index in [2.05, 4.69) is 4.72 Å². The molecule has 7 heteroatoms. The van der Waals surface area contributed by atoms with E-state index in [-0.39, 0.29) is 12.4 Å². The molecule has 0 aliphatic heterocycles. The highest BCUT2D eigenvalue weighted by atomic mass is 32.2. The van der Waals surface area contributed by atoms with E-state index in [9.17, 15) is 13.2 Å². The average Bonchev–Trinajstić information content (AvgIpc) is 2.38. The number of benzene rings is 1. The Balaban J connectivity index is 2.81. The minimum atomic E-state index is -3.73. The molecule has 0 spiro atoms. The van der Waals surface area contributed by atoms with E-state index in [0.717, 1.165) is 0 Å². The molecule has 0 saturated carbocycles. The van der Waals surface area contributed by atoms with E-state index in [1.54, 1.807) is 31.2 Å². The molecular formula is C13H16N2O4S. The molecule has 20 heavy (non-hydrogen) atoms. The molecule has 1 atom stereocenters. The van der Waals surface area contributed by atoms with Gasteiger partial charge in [0.15, 0.2) is 0 Å². The van der Waals surface area contributed by atoms with Gasteiger partial charge in [0.05, 0.1) is 24.0 Å². The zero-order valence-electron chi connectivity index (χ0n) is 11.3. The van der Waals surface area contributed by atoms with Crippen LogP contribution in [0.2, 0.25) is 0 Å². The Kier molecular flexibility index (Phi) is 5.67. The first-order chi connectivity index (χ1) is 9.39. The van der Waals surface area contributed by atoms with Crippen LogP contribution in [0.25, 0.3) is 0 Å². The van der Waals surface area contributed by atoms with Gasteiger partial charge in [-0.25, -0.2) is 13.1 Å². The third-order valence-electron chi connectivity index (χ3n) is 2.48. The van der Waals surface area contributed by atoms with Crippen LogP contribution in [0.5, 0.6) is 0 Å². The van der Waals surface area contributed by atoms with E-state index in [1.807, 2.05) is 6.07 Å². The molecule has 1 N–H and O–H groups in total. The fourth-order valence-electron chi connectivity index (χ4n) is 1.59. The lowest BCUT2D eigenvalue weighted by Gasteiger charge is -2.13. The Morgan fingerprint density at radius 1 is 1.45 bits per heavy atom. The monoisotopic (exact) mass is 296 g/mol. The second-order valence-electron chi connectivity index (χ2n) is 4.12. The summed E-state index contributed by atoms with van der Waals surface area (Å²) in [6.07, 6.45) is 0. The number of carbonyl (C=O) groups is 1. The molecule has 1 aromatic rings. The van der Waals surface area contributed by atoms with Crippen LogP contribution in [0.15, 0.2) is 24.3 Å². The number of nitrogens with one attached hydrogen (secondary N) is 1. The fourth-order valence-corrected chi connectivity index (χ4v) is 2.97. The lowest BCUT2D eigenvalue weighted by molar-refractivity contribution is -0.144. The second-order valence-corrected chi connectivity index (χ2v) is 5.87. The molecule has 0 radical (unpaired) electrons. The molecule has 0 heterocycles. The summed E-state index contributed by atoms with van der Waals surface area (Å²) in [5, 5.41) is 8.92. The summed E-state index contributed by atoms with van der Waals surface area (Å²) in [4.78, 5) is 11.4. The molecule has 0 bridgehead atoms. The molecule has 108 valence electrons. The quantitative estimate of drug-likeness (QED) is 0.788. The van der Waals surface area contributed by atoms with Crippen LogP contribution < -0.4 is 4.72 Å². The Bertz CT molecular complexity index is 620. The summed E-state index contributed by atoms with van der Waals surface area (Å²) in [7, 11) is -3.73. The summed E-state index contributed by atoms with van der Waals surface area (Å²) in [5.41, 5.74) is 0.681. The van der Waals surface area contributed by atoms with Gasteiger partial charge in [-0.2, -0.15) is 5.26 Å². The standard InChI is InChI=1S/C13H16N2O4S/c1-3-19-13(16)10(2)15-20(17,18)9-12-7-5-4-6-11(12)8-14/h4-7,10,15H,3,9H2,1-2H3. The molecule has 0 amide bonds. The van der Waals surface area contributed by atoms with Crippen LogP contribution >= 0.6 is 0 Å². The summed E-state index contributed by atoms with van der Waals surface area (Å²) in [6.45, 7) is 3.23. The van der Waals surface area contributed by atoms with Crippen molar-refractivity contribution in [2.24, 2.45) is 0 Å². The van der Waals surface area contributed by atoms with Crippen molar-refractivity contribution in [2.45, 2.75) is 25.6 Å². The number of hydrogen-bond acceptors (Lipinski definition) is 5. The normalized spacial score (nSPS) is 12.4. The van der Waals surface area contributed by atoms with Gasteiger partial charge in [-0.3, -0.25) is 4.79 Å². The topological polar surface area (TPSA) is 96.3 Å². The molecule has 0 saturated heterocycles. The van der Waals surface area contributed by atoms with Gasteiger partial charge < -0.3 is 4.74 Å². The first kappa shape index (κ1) is 16.1. The minimum Gasteiger partial charge on any atom is -0.465 e. The van der Waals surface area contributed by atoms with Crippen LogP contribution in [0, 0.1) is 11.3 Å². The van der Waals surface area contributed by atoms with Gasteiger partial charge in [0.2, 0.25) is 10.0 Å². The minimum absolute atomic E-state index is 0.183. The summed E-state index contributed by atoms with van der Waals surface area (Å²) >= 11 is 0. The zero-order chi connectivity index (χ0) is 15.2. The fraction of sp³-hybridized carbons (Fsp3) is 0.385. The second kappa shape index (κ2) is 7.03. The number of nitrogens with zero attached hydrogens (tertiary/aromatic N) is 1. The van der Waals surface area contributed by atoms with E-state index in [1.165, 1.54) is 6.92 Å². The summed E-state index contributed by atoms with van der Waals surface area (Å²) < 4.78 is 30.9. The number of nitriles is 1. The van der Waals surface area contributed by atoms with Crippen LogP contribution in [-0.2, 0) is 25.3 Å². The molecule has 0 aromatic heterocycles. The maximum absolute atomic E-state index is 12.0. The van der Waals surface area contributed by atoms with Gasteiger partial charge in [-0.15, -0.1) is 0 Å². The lowest BCUT2D eigenvalue weighted by atomic mass is 10.1. The van der Waals surface area contributed by atoms with E-state index >= 15 is 0 Å². The van der Waals surface area contributed by atoms with Crippen molar-refractivity contribution in [3.05, 3.63) is 35.4 Å². The maximum Gasteiger partial charge on any atom is 0.323 e. The van der Waals surface area contributed by atoms with Gasteiger partial charge in [0, 0.05) is 0 Å². The Hall–Kier alpha value is -1.91. The van der Waals surface area contributed by atoms with Gasteiger partial charge >= 0.3 is 5.97 Å². The van der Waals surface area contributed by atoms with Crippen molar-refractivity contribution in [3.8, 4) is 6.07 Å². The van der Waals surface area contributed by atoms with Crippen LogP contribution in [0.1, 0.15) is 25.0 Å². The van der Waals surface area contributed by atoms with Crippen molar-refractivity contribution in [2.75, 3.05) is 6.61 Å². The molecule has 1 aromatic carbocycles. The zero-order valence-corrected chi connectivity index (χ0v) is 12.1. The largest absolute Gasteiger partial charge is 0.465 e. The number of carbonyl (C=O) groups excluding carboxylic acids is 1. The van der Waals surface area contributed by atoms with Crippen LogP contribution in [0.4, 0.5) is 0 Å². The van der Waals surface area contributed by atoms with Crippen molar-refractivity contribution in [3.63, 3.8) is 0 Å². The van der Waals surface area contributed by atoms with Crippen LogP contribution in [0.3, 0.4) is 0 Å². The predicted molar refractivity (Wildman–Crippen MR) is 73.0 cm³/mol.